The summed E-state index contributed by atoms with van der Waals surface area (Å²) in [6.45, 7) is 2.42. The molecule has 4 fully saturated rings. The predicted molar refractivity (Wildman–Crippen MR) is 119 cm³/mol. The van der Waals surface area contributed by atoms with Crippen molar-refractivity contribution >= 4 is 17.2 Å². The van der Waals surface area contributed by atoms with Crippen molar-refractivity contribution in [2.45, 2.75) is 63.3 Å². The molecule has 3 unspecified atom stereocenters. The quantitative estimate of drug-likeness (QED) is 0.604. The van der Waals surface area contributed by atoms with Crippen LogP contribution in [0.2, 0.25) is 0 Å². The molecule has 172 valence electrons. The summed E-state index contributed by atoms with van der Waals surface area (Å²) in [5, 5.41) is 13.6. The van der Waals surface area contributed by atoms with Gasteiger partial charge in [-0.1, -0.05) is 0 Å². The minimum absolute atomic E-state index is 0.0787. The third-order valence-corrected chi connectivity index (χ3v) is 7.57. The van der Waals surface area contributed by atoms with Crippen LogP contribution in [0.1, 0.15) is 51.2 Å². The lowest BCUT2D eigenvalue weighted by Gasteiger charge is -2.41. The van der Waals surface area contributed by atoms with Gasteiger partial charge in [0.05, 0.1) is 6.20 Å². The number of rotatable bonds is 4. The van der Waals surface area contributed by atoms with Crippen LogP contribution in [0.3, 0.4) is 0 Å². The van der Waals surface area contributed by atoms with Crippen LogP contribution in [0.15, 0.2) is 24.8 Å². The molecule has 3 aromatic heterocycles. The van der Waals surface area contributed by atoms with Crippen LogP contribution in [0.25, 0.3) is 16.8 Å². The number of hydrogen-bond donors (Lipinski definition) is 0. The van der Waals surface area contributed by atoms with Crippen LogP contribution in [0.4, 0.5) is 5.82 Å². The van der Waals surface area contributed by atoms with E-state index in [1.165, 1.54) is 0 Å². The first-order valence-electron chi connectivity index (χ1n) is 12.2. The Hall–Kier alpha value is -3.01. The lowest BCUT2D eigenvalue weighted by atomic mass is 10.1. The van der Waals surface area contributed by atoms with Gasteiger partial charge in [0.1, 0.15) is 17.5 Å². The van der Waals surface area contributed by atoms with Crippen LogP contribution in [0, 0.1) is 5.92 Å². The van der Waals surface area contributed by atoms with Gasteiger partial charge < -0.3 is 14.5 Å². The molecule has 0 aromatic carbocycles. The largest absolute Gasteiger partial charge is 0.355 e. The number of ether oxygens (including phenoxy) is 1. The molecule has 3 atom stereocenters. The average Bonchev–Trinajstić information content (AvgIpc) is 3.31. The lowest BCUT2D eigenvalue weighted by Crippen LogP contribution is -2.56. The average molecular weight is 449 g/mol. The summed E-state index contributed by atoms with van der Waals surface area (Å²) in [6.07, 6.45) is 12.8. The molecule has 1 aliphatic carbocycles. The first-order valence-corrected chi connectivity index (χ1v) is 12.2. The van der Waals surface area contributed by atoms with Crippen molar-refractivity contribution < 1.29 is 9.53 Å². The third-order valence-electron chi connectivity index (χ3n) is 7.57. The van der Waals surface area contributed by atoms with Gasteiger partial charge in [-0.2, -0.15) is 20.1 Å². The fourth-order valence-electron chi connectivity index (χ4n) is 5.73. The molecule has 4 aliphatic rings. The number of piperazine rings is 1. The van der Waals surface area contributed by atoms with E-state index >= 15 is 0 Å². The van der Waals surface area contributed by atoms with Crippen molar-refractivity contribution in [3.05, 3.63) is 24.8 Å². The number of amides is 1. The normalized spacial score (nSPS) is 27.5. The Morgan fingerprint density at radius 3 is 2.64 bits per heavy atom. The summed E-state index contributed by atoms with van der Waals surface area (Å²) >= 11 is 0. The summed E-state index contributed by atoms with van der Waals surface area (Å²) < 4.78 is 7.69. The smallest absolute Gasteiger partial charge is 0.226 e. The maximum Gasteiger partial charge on any atom is 0.226 e. The van der Waals surface area contributed by atoms with E-state index in [1.54, 1.807) is 17.3 Å². The van der Waals surface area contributed by atoms with E-state index in [-0.39, 0.29) is 24.2 Å². The van der Waals surface area contributed by atoms with Gasteiger partial charge in [-0.05, 0) is 51.0 Å². The molecular weight excluding hydrogens is 420 g/mol. The highest BCUT2D eigenvalue weighted by molar-refractivity contribution is 5.83. The Balaban J connectivity index is 1.16. The van der Waals surface area contributed by atoms with Gasteiger partial charge in [0, 0.05) is 49.5 Å². The molecule has 3 aromatic rings. The second kappa shape index (κ2) is 7.51. The summed E-state index contributed by atoms with van der Waals surface area (Å²) in [7, 11) is 0. The lowest BCUT2D eigenvalue weighted by molar-refractivity contribution is -0.135. The van der Waals surface area contributed by atoms with Gasteiger partial charge in [-0.15, -0.1) is 0 Å². The minimum atomic E-state index is -0.0787. The second-order valence-corrected chi connectivity index (χ2v) is 9.82. The van der Waals surface area contributed by atoms with Gasteiger partial charge in [-0.3, -0.25) is 4.79 Å². The van der Waals surface area contributed by atoms with E-state index in [0.29, 0.717) is 5.91 Å². The fourth-order valence-corrected chi connectivity index (χ4v) is 5.73. The SMILES string of the molecule is O=C(C1CC1)N1C2CCC1CN(c1ncnn3cc(-c4cnn(C5CCCCO5)n4)cc13)C2. The van der Waals surface area contributed by atoms with E-state index in [4.69, 9.17) is 4.74 Å². The Morgan fingerprint density at radius 2 is 1.88 bits per heavy atom. The second-order valence-electron chi connectivity index (χ2n) is 9.82. The van der Waals surface area contributed by atoms with Crippen molar-refractivity contribution in [3.63, 3.8) is 0 Å². The zero-order chi connectivity index (χ0) is 21.9. The monoisotopic (exact) mass is 448 g/mol. The van der Waals surface area contributed by atoms with E-state index < -0.39 is 0 Å². The van der Waals surface area contributed by atoms with Crippen molar-refractivity contribution in [2.24, 2.45) is 5.92 Å². The van der Waals surface area contributed by atoms with Crippen molar-refractivity contribution in [1.29, 1.82) is 0 Å². The number of nitrogens with zero attached hydrogens (tertiary/aromatic N) is 8. The number of carbonyl (C=O) groups is 1. The molecule has 1 saturated carbocycles. The van der Waals surface area contributed by atoms with Crippen LogP contribution < -0.4 is 4.90 Å². The summed E-state index contributed by atoms with van der Waals surface area (Å²) in [5.74, 6) is 1.59. The molecule has 3 aliphatic heterocycles. The van der Waals surface area contributed by atoms with Crippen LogP contribution >= 0.6 is 0 Å². The van der Waals surface area contributed by atoms with E-state index in [9.17, 15) is 4.79 Å². The maximum atomic E-state index is 12.8. The number of aromatic nitrogens is 6. The molecule has 3 saturated heterocycles. The molecule has 1 amide bonds. The van der Waals surface area contributed by atoms with Crippen LogP contribution in [-0.2, 0) is 9.53 Å². The van der Waals surface area contributed by atoms with E-state index in [1.807, 2.05) is 10.7 Å². The Morgan fingerprint density at radius 1 is 1.03 bits per heavy atom. The standard InChI is InChI=1S/C23H28N8O2/c32-23(15-4-5-15)30-17-6-7-18(30)13-28(12-17)22-20-9-16(11-29(20)26-14-24-22)19-10-25-31(27-19)21-3-1-2-8-33-21/h9-11,14-15,17-18,21H,1-8,12-13H2. The van der Waals surface area contributed by atoms with E-state index in [2.05, 4.69) is 36.1 Å². The molecule has 6 heterocycles. The Bertz CT molecular complexity index is 1180. The number of anilines is 1. The topological polar surface area (TPSA) is 93.7 Å². The highest BCUT2D eigenvalue weighted by Gasteiger charge is 2.47. The van der Waals surface area contributed by atoms with Gasteiger partial charge in [0.15, 0.2) is 12.0 Å². The number of hydrogen-bond acceptors (Lipinski definition) is 7. The summed E-state index contributed by atoms with van der Waals surface area (Å²) in [5.41, 5.74) is 2.72. The molecule has 10 nitrogen and oxygen atoms in total. The fraction of sp³-hybridized carbons (Fsp3) is 0.609. The molecule has 0 N–H and O–H groups in total. The minimum Gasteiger partial charge on any atom is -0.355 e. The van der Waals surface area contributed by atoms with Gasteiger partial charge in [0.25, 0.3) is 0 Å². The van der Waals surface area contributed by atoms with Crippen molar-refractivity contribution in [2.75, 3.05) is 24.6 Å². The molecule has 2 bridgehead atoms. The van der Waals surface area contributed by atoms with Crippen LogP contribution in [-0.4, -0.2) is 72.2 Å². The Labute approximate surface area is 191 Å². The third kappa shape index (κ3) is 3.30. The highest BCUT2D eigenvalue weighted by Crippen LogP contribution is 2.39. The molecule has 0 radical (unpaired) electrons. The molecule has 7 rings (SSSR count). The summed E-state index contributed by atoms with van der Waals surface area (Å²) in [4.78, 5) is 23.7. The van der Waals surface area contributed by atoms with Crippen LogP contribution in [0.5, 0.6) is 0 Å². The van der Waals surface area contributed by atoms with E-state index in [0.717, 1.165) is 87.2 Å². The van der Waals surface area contributed by atoms with Gasteiger partial charge >= 0.3 is 0 Å². The van der Waals surface area contributed by atoms with Gasteiger partial charge in [-0.25, -0.2) is 9.50 Å². The predicted octanol–water partition coefficient (Wildman–Crippen LogP) is 2.28. The van der Waals surface area contributed by atoms with Crippen molar-refractivity contribution in [1.82, 2.24) is 34.5 Å². The van der Waals surface area contributed by atoms with Gasteiger partial charge in [0.2, 0.25) is 5.91 Å². The first kappa shape index (κ1) is 19.5. The molecular formula is C23H28N8O2. The summed E-state index contributed by atoms with van der Waals surface area (Å²) in [6, 6.07) is 2.67. The first-order chi connectivity index (χ1) is 16.2. The zero-order valence-corrected chi connectivity index (χ0v) is 18.6. The molecule has 33 heavy (non-hydrogen) atoms. The molecule has 10 heteroatoms. The number of fused-ring (bicyclic) bond motifs is 3. The zero-order valence-electron chi connectivity index (χ0n) is 18.6. The Kier molecular flexibility index (Phi) is 4.43. The van der Waals surface area contributed by atoms with Crippen molar-refractivity contribution in [3.8, 4) is 11.3 Å². The highest BCUT2D eigenvalue weighted by atomic mass is 16.5. The maximum absolute atomic E-state index is 12.8. The molecule has 0 spiro atoms. The number of carbonyl (C=O) groups excluding carboxylic acids is 1.